The fourth-order valence-electron chi connectivity index (χ4n) is 3.08. The summed E-state index contributed by atoms with van der Waals surface area (Å²) in [5.74, 6) is 0. The molecule has 0 aromatic heterocycles. The zero-order chi connectivity index (χ0) is 12.4. The maximum absolute atomic E-state index is 2.60. The molecule has 2 aliphatic carbocycles. The fraction of sp³-hybridized carbons (Fsp3) is 0.412. The number of likely N-dealkylation sites (tertiary alicyclic amines) is 1. The molecule has 1 aliphatic heterocycles. The second-order valence-corrected chi connectivity index (χ2v) is 5.43. The Bertz CT molecular complexity index is 497. The Kier molecular flexibility index (Phi) is 3.33. The smallest absolute Gasteiger partial charge is 0.0240 e. The maximum atomic E-state index is 2.60. The number of hydrogen-bond acceptors (Lipinski definition) is 1. The number of nitrogens with zero attached hydrogens (tertiary/aromatic N) is 1. The van der Waals surface area contributed by atoms with E-state index in [1.165, 1.54) is 54.6 Å². The van der Waals surface area contributed by atoms with Gasteiger partial charge in [-0.1, -0.05) is 42.8 Å². The molecule has 0 N–H and O–H groups in total. The summed E-state index contributed by atoms with van der Waals surface area (Å²) in [4.78, 5) is 2.60. The van der Waals surface area contributed by atoms with Crippen LogP contribution in [0.4, 0.5) is 0 Å². The van der Waals surface area contributed by atoms with Crippen LogP contribution in [0.2, 0.25) is 0 Å². The molecule has 18 heavy (non-hydrogen) atoms. The van der Waals surface area contributed by atoms with E-state index in [9.17, 15) is 0 Å². The van der Waals surface area contributed by atoms with Crippen molar-refractivity contribution in [3.05, 3.63) is 47.5 Å². The van der Waals surface area contributed by atoms with Crippen LogP contribution >= 0.6 is 0 Å². The van der Waals surface area contributed by atoms with E-state index < -0.39 is 0 Å². The van der Waals surface area contributed by atoms with Gasteiger partial charge in [-0.3, -0.25) is 4.90 Å². The molecule has 1 nitrogen and oxygen atoms in total. The first-order valence-electron chi connectivity index (χ1n) is 7.04. The Morgan fingerprint density at radius 3 is 2.44 bits per heavy atom. The molecule has 0 spiro atoms. The van der Waals surface area contributed by atoms with Crippen molar-refractivity contribution in [1.82, 2.24) is 4.90 Å². The summed E-state index contributed by atoms with van der Waals surface area (Å²) in [5.41, 5.74) is 5.75. The monoisotopic (exact) mass is 239 g/mol. The van der Waals surface area contributed by atoms with Gasteiger partial charge < -0.3 is 0 Å². The standard InChI is InChI=1S/C17H21N/c1-14-12-15(13-18-10-6-3-7-11-18)17-9-5-2-4-8-16(14)17/h2,4-5,8-9,12H,3,6-7,10-11,13H2,1H3. The van der Waals surface area contributed by atoms with Crippen molar-refractivity contribution in [2.75, 3.05) is 13.1 Å². The van der Waals surface area contributed by atoms with E-state index in [-0.39, 0.29) is 0 Å². The number of rotatable bonds is 2. The molecule has 94 valence electrons. The van der Waals surface area contributed by atoms with E-state index in [0.29, 0.717) is 0 Å². The lowest BCUT2D eigenvalue weighted by atomic mass is 10.1. The number of piperidine rings is 1. The summed E-state index contributed by atoms with van der Waals surface area (Å²) in [5, 5.41) is 0. The molecule has 0 unspecified atom stereocenters. The van der Waals surface area contributed by atoms with Crippen molar-refractivity contribution >= 4 is 0 Å². The third-order valence-corrected chi connectivity index (χ3v) is 4.04. The van der Waals surface area contributed by atoms with Crippen molar-refractivity contribution < 1.29 is 0 Å². The molecule has 0 atom stereocenters. The van der Waals surface area contributed by atoms with Crippen LogP contribution in [-0.2, 0) is 6.54 Å². The summed E-state index contributed by atoms with van der Waals surface area (Å²) in [6, 6.07) is 13.3. The second kappa shape index (κ2) is 5.11. The normalized spacial score (nSPS) is 17.2. The quantitative estimate of drug-likeness (QED) is 0.763. The van der Waals surface area contributed by atoms with Gasteiger partial charge in [-0.05, 0) is 55.1 Å². The Morgan fingerprint density at radius 2 is 1.67 bits per heavy atom. The van der Waals surface area contributed by atoms with Gasteiger partial charge in [0.15, 0.2) is 0 Å². The predicted molar refractivity (Wildman–Crippen MR) is 76.9 cm³/mol. The summed E-state index contributed by atoms with van der Waals surface area (Å²) in [7, 11) is 0. The van der Waals surface area contributed by atoms with Crippen molar-refractivity contribution in [2.24, 2.45) is 0 Å². The van der Waals surface area contributed by atoms with E-state index in [2.05, 4.69) is 48.2 Å². The number of aryl methyl sites for hydroxylation is 1. The molecular weight excluding hydrogens is 218 g/mol. The lowest BCUT2D eigenvalue weighted by Crippen LogP contribution is -2.29. The Labute approximate surface area is 110 Å². The second-order valence-electron chi connectivity index (χ2n) is 5.43. The molecule has 0 radical (unpaired) electrons. The highest BCUT2D eigenvalue weighted by Crippen LogP contribution is 2.32. The molecular formula is C17H21N. The highest BCUT2D eigenvalue weighted by molar-refractivity contribution is 5.74. The van der Waals surface area contributed by atoms with E-state index in [1.807, 2.05) is 0 Å². The Hall–Kier alpha value is -1.34. The molecule has 1 saturated heterocycles. The molecule has 0 bridgehead atoms. The molecule has 0 aromatic carbocycles. The van der Waals surface area contributed by atoms with E-state index >= 15 is 0 Å². The van der Waals surface area contributed by atoms with Crippen molar-refractivity contribution in [1.29, 1.82) is 0 Å². The van der Waals surface area contributed by atoms with Gasteiger partial charge in [0.1, 0.15) is 0 Å². The summed E-state index contributed by atoms with van der Waals surface area (Å²) in [6.45, 7) is 5.88. The number of fused-ring (bicyclic) bond motifs is 1. The zero-order valence-corrected chi connectivity index (χ0v) is 11.2. The Morgan fingerprint density at radius 1 is 0.944 bits per heavy atom. The average Bonchev–Trinajstić information content (AvgIpc) is 2.59. The minimum atomic E-state index is 1.12. The molecule has 1 heteroatoms. The topological polar surface area (TPSA) is 3.24 Å². The molecule has 3 rings (SSSR count). The van der Waals surface area contributed by atoms with Gasteiger partial charge in [0, 0.05) is 6.54 Å². The van der Waals surface area contributed by atoms with Crippen LogP contribution in [-0.4, -0.2) is 18.0 Å². The van der Waals surface area contributed by atoms with Gasteiger partial charge in [-0.2, -0.15) is 0 Å². The average molecular weight is 239 g/mol. The van der Waals surface area contributed by atoms with Crippen LogP contribution in [0.1, 0.15) is 30.4 Å². The lowest BCUT2D eigenvalue weighted by molar-refractivity contribution is 0.221. The molecule has 0 saturated carbocycles. The maximum Gasteiger partial charge on any atom is 0.0240 e. The molecule has 3 aliphatic rings. The van der Waals surface area contributed by atoms with Gasteiger partial charge >= 0.3 is 0 Å². The van der Waals surface area contributed by atoms with Gasteiger partial charge in [-0.15, -0.1) is 0 Å². The van der Waals surface area contributed by atoms with Gasteiger partial charge in [-0.25, -0.2) is 0 Å². The van der Waals surface area contributed by atoms with Gasteiger partial charge in [0.05, 0.1) is 0 Å². The van der Waals surface area contributed by atoms with Crippen molar-refractivity contribution in [3.63, 3.8) is 0 Å². The molecule has 1 fully saturated rings. The van der Waals surface area contributed by atoms with Gasteiger partial charge in [0.2, 0.25) is 0 Å². The van der Waals surface area contributed by atoms with E-state index in [4.69, 9.17) is 0 Å². The SMILES string of the molecule is Cc1cc(CN2CCCCC2)c2cccccc1-2. The van der Waals surface area contributed by atoms with E-state index in [1.54, 1.807) is 0 Å². The van der Waals surface area contributed by atoms with Crippen LogP contribution in [0.25, 0.3) is 11.1 Å². The third-order valence-electron chi connectivity index (χ3n) is 4.04. The number of hydrogen-bond donors (Lipinski definition) is 0. The third kappa shape index (κ3) is 2.28. The molecule has 1 heterocycles. The largest absolute Gasteiger partial charge is 0.299 e. The highest BCUT2D eigenvalue weighted by Gasteiger charge is 2.16. The lowest BCUT2D eigenvalue weighted by Gasteiger charge is -2.26. The van der Waals surface area contributed by atoms with Crippen LogP contribution in [0, 0.1) is 6.92 Å². The van der Waals surface area contributed by atoms with Crippen LogP contribution in [0.15, 0.2) is 36.4 Å². The minimum absolute atomic E-state index is 1.12. The summed E-state index contributed by atoms with van der Waals surface area (Å²) >= 11 is 0. The predicted octanol–water partition coefficient (Wildman–Crippen LogP) is 4.09. The highest BCUT2D eigenvalue weighted by atomic mass is 15.1. The van der Waals surface area contributed by atoms with Crippen molar-refractivity contribution in [2.45, 2.75) is 32.7 Å². The summed E-state index contributed by atoms with van der Waals surface area (Å²) in [6.07, 6.45) is 4.14. The van der Waals surface area contributed by atoms with Gasteiger partial charge in [0.25, 0.3) is 0 Å². The molecule has 0 amide bonds. The Balaban J connectivity index is 1.89. The van der Waals surface area contributed by atoms with Crippen LogP contribution < -0.4 is 0 Å². The first kappa shape index (κ1) is 11.7. The van der Waals surface area contributed by atoms with Crippen LogP contribution in [0.3, 0.4) is 0 Å². The first-order chi connectivity index (χ1) is 8.84. The zero-order valence-electron chi connectivity index (χ0n) is 11.2. The first-order valence-corrected chi connectivity index (χ1v) is 7.04. The fourth-order valence-corrected chi connectivity index (χ4v) is 3.08. The van der Waals surface area contributed by atoms with Crippen LogP contribution in [0.5, 0.6) is 0 Å². The minimum Gasteiger partial charge on any atom is -0.299 e. The van der Waals surface area contributed by atoms with Crippen molar-refractivity contribution in [3.8, 4) is 11.1 Å². The summed E-state index contributed by atoms with van der Waals surface area (Å²) < 4.78 is 0. The van der Waals surface area contributed by atoms with E-state index in [0.717, 1.165) is 6.54 Å². The molecule has 0 aromatic rings.